The van der Waals surface area contributed by atoms with E-state index in [-0.39, 0.29) is 29.4 Å². The van der Waals surface area contributed by atoms with Crippen LogP contribution in [-0.2, 0) is 33.9 Å². The molecule has 0 saturated heterocycles. The Kier molecular flexibility index (Phi) is 5.26. The monoisotopic (exact) mass is 440 g/mol. The Morgan fingerprint density at radius 3 is 2.39 bits per heavy atom. The second-order valence-electron chi connectivity index (χ2n) is 7.57. The minimum atomic E-state index is -3.26. The Morgan fingerprint density at radius 2 is 1.71 bits per heavy atom. The molecule has 1 aliphatic heterocycles. The summed E-state index contributed by atoms with van der Waals surface area (Å²) in [6.07, 6.45) is 1.65. The fourth-order valence-electron chi connectivity index (χ4n) is 3.75. The summed E-state index contributed by atoms with van der Waals surface area (Å²) in [6.45, 7) is 1.60. The maximum absolute atomic E-state index is 13.5. The van der Waals surface area contributed by atoms with Gasteiger partial charge in [-0.2, -0.15) is 0 Å². The van der Waals surface area contributed by atoms with Gasteiger partial charge in [-0.1, -0.05) is 13.0 Å². The molecule has 0 spiro atoms. The van der Waals surface area contributed by atoms with Gasteiger partial charge >= 0.3 is 0 Å². The molecule has 4 rings (SSSR count). The predicted molar refractivity (Wildman–Crippen MR) is 118 cm³/mol. The van der Waals surface area contributed by atoms with Crippen molar-refractivity contribution in [2.45, 2.75) is 19.1 Å². The van der Waals surface area contributed by atoms with E-state index >= 15 is 0 Å². The molecule has 2 aromatic carbocycles. The van der Waals surface area contributed by atoms with Crippen molar-refractivity contribution >= 4 is 27.1 Å². The summed E-state index contributed by atoms with van der Waals surface area (Å²) in [4.78, 5) is 26.9. The number of aryl methyl sites for hydroxylation is 1. The summed E-state index contributed by atoms with van der Waals surface area (Å²) in [6, 6.07) is 12.2. The maximum Gasteiger partial charge on any atom is 0.250 e. The van der Waals surface area contributed by atoms with Gasteiger partial charge in [0.15, 0.2) is 9.84 Å². The first-order chi connectivity index (χ1) is 14.7. The third-order valence-electron chi connectivity index (χ3n) is 5.41. The van der Waals surface area contributed by atoms with Crippen LogP contribution in [0, 0.1) is 5.82 Å². The zero-order valence-corrected chi connectivity index (χ0v) is 17.9. The number of aromatic nitrogens is 1. The van der Waals surface area contributed by atoms with Gasteiger partial charge in [0.05, 0.1) is 17.9 Å². The number of halogens is 1. The molecule has 0 aliphatic carbocycles. The summed E-state index contributed by atoms with van der Waals surface area (Å²) >= 11 is 0. The van der Waals surface area contributed by atoms with E-state index in [1.165, 1.54) is 39.8 Å². The van der Waals surface area contributed by atoms with Crippen LogP contribution in [0.4, 0.5) is 15.8 Å². The first kappa shape index (κ1) is 21.0. The largest absolute Gasteiger partial charge is 0.318 e. The van der Waals surface area contributed by atoms with Crippen LogP contribution < -0.4 is 10.5 Å². The number of sulfone groups is 1. The van der Waals surface area contributed by atoms with E-state index in [4.69, 9.17) is 0 Å². The van der Waals surface area contributed by atoms with E-state index in [1.54, 1.807) is 38.4 Å². The zero-order valence-electron chi connectivity index (χ0n) is 17.1. The number of carbonyl (C=O) groups is 1. The van der Waals surface area contributed by atoms with Gasteiger partial charge in [-0.05, 0) is 47.5 Å². The second kappa shape index (κ2) is 7.77. The summed E-state index contributed by atoms with van der Waals surface area (Å²) in [5, 5.41) is 0. The Bertz CT molecular complexity index is 1340. The summed E-state index contributed by atoms with van der Waals surface area (Å²) in [5.41, 5.74) is 3.28. The number of pyridine rings is 1. The molecule has 6 nitrogen and oxygen atoms in total. The molecule has 0 radical (unpaired) electrons. The van der Waals surface area contributed by atoms with Gasteiger partial charge in [0.1, 0.15) is 5.82 Å². The molecule has 0 atom stereocenters. The molecular formula is C23H21FN2O4S. The van der Waals surface area contributed by atoms with Crippen molar-refractivity contribution in [3.63, 3.8) is 0 Å². The van der Waals surface area contributed by atoms with Crippen molar-refractivity contribution < 1.29 is 17.6 Å². The molecule has 3 aromatic rings. The number of amides is 1. The number of carbonyl (C=O) groups excluding carboxylic acids is 1. The number of nitrogens with zero attached hydrogens (tertiary/aromatic N) is 2. The van der Waals surface area contributed by atoms with E-state index in [0.29, 0.717) is 33.6 Å². The maximum atomic E-state index is 13.5. The Hall–Kier alpha value is -3.26. The Balaban J connectivity index is 1.97. The molecule has 0 saturated carbocycles. The molecule has 2 heterocycles. The van der Waals surface area contributed by atoms with Crippen molar-refractivity contribution in [3.05, 3.63) is 82.0 Å². The fourth-order valence-corrected chi connectivity index (χ4v) is 4.64. The highest BCUT2D eigenvalue weighted by Crippen LogP contribution is 2.40. The number of hydrogen-bond donors (Lipinski definition) is 0. The molecule has 0 bridgehead atoms. The van der Waals surface area contributed by atoms with Crippen molar-refractivity contribution in [2.24, 2.45) is 7.05 Å². The lowest BCUT2D eigenvalue weighted by atomic mass is 9.98. The number of hydrogen-bond acceptors (Lipinski definition) is 4. The summed E-state index contributed by atoms with van der Waals surface area (Å²) in [7, 11) is -1.64. The van der Waals surface area contributed by atoms with Gasteiger partial charge in [-0.15, -0.1) is 0 Å². The molecule has 8 heteroatoms. The van der Waals surface area contributed by atoms with Crippen LogP contribution in [0.3, 0.4) is 0 Å². The van der Waals surface area contributed by atoms with E-state index in [1.807, 2.05) is 0 Å². The van der Waals surface area contributed by atoms with Crippen LogP contribution in [0.5, 0.6) is 0 Å². The molecule has 0 fully saturated rings. The van der Waals surface area contributed by atoms with Gasteiger partial charge in [0, 0.05) is 41.9 Å². The normalized spacial score (nSPS) is 13.5. The van der Waals surface area contributed by atoms with Gasteiger partial charge in [0.2, 0.25) is 5.91 Å². The lowest BCUT2D eigenvalue weighted by Crippen LogP contribution is -2.27. The second-order valence-corrected chi connectivity index (χ2v) is 9.93. The van der Waals surface area contributed by atoms with Crippen LogP contribution in [0.2, 0.25) is 0 Å². The van der Waals surface area contributed by atoms with Gasteiger partial charge in [0.25, 0.3) is 5.56 Å². The standard InChI is InChI=1S/C23H21FN2O4S/c1-3-31(29,30)14-15-4-9-21-19(10-15)20-13-25(2)22(27)11-16(20)12-23(28)26(21)18-7-5-17(24)6-8-18/h4-11,13H,3,12,14H2,1-2H3. The van der Waals surface area contributed by atoms with Crippen LogP contribution >= 0.6 is 0 Å². The first-order valence-corrected chi connectivity index (χ1v) is 11.6. The molecule has 160 valence electrons. The van der Waals surface area contributed by atoms with Gasteiger partial charge < -0.3 is 4.57 Å². The quantitative estimate of drug-likeness (QED) is 0.624. The minimum Gasteiger partial charge on any atom is -0.318 e. The molecule has 0 N–H and O–H groups in total. The third kappa shape index (κ3) is 4.03. The van der Waals surface area contributed by atoms with E-state index in [2.05, 4.69) is 0 Å². The minimum absolute atomic E-state index is 0.0138. The van der Waals surface area contributed by atoms with Crippen LogP contribution in [0.15, 0.2) is 59.5 Å². The Labute approximate surface area is 179 Å². The van der Waals surface area contributed by atoms with Crippen LogP contribution in [-0.4, -0.2) is 24.6 Å². The van der Waals surface area contributed by atoms with E-state index in [0.717, 1.165) is 0 Å². The number of benzene rings is 2. The number of fused-ring (bicyclic) bond motifs is 3. The number of rotatable bonds is 4. The van der Waals surface area contributed by atoms with Crippen molar-refractivity contribution in [3.8, 4) is 11.1 Å². The Morgan fingerprint density at radius 1 is 1.00 bits per heavy atom. The van der Waals surface area contributed by atoms with E-state index < -0.39 is 15.7 Å². The lowest BCUT2D eigenvalue weighted by Gasteiger charge is -2.24. The third-order valence-corrected chi connectivity index (χ3v) is 7.06. The average molecular weight is 440 g/mol. The molecule has 1 amide bonds. The highest BCUT2D eigenvalue weighted by molar-refractivity contribution is 7.90. The predicted octanol–water partition coefficient (Wildman–Crippen LogP) is 3.35. The summed E-state index contributed by atoms with van der Waals surface area (Å²) in [5.74, 6) is -0.788. The first-order valence-electron chi connectivity index (χ1n) is 9.80. The highest BCUT2D eigenvalue weighted by atomic mass is 32.2. The smallest absolute Gasteiger partial charge is 0.250 e. The topological polar surface area (TPSA) is 76.5 Å². The summed E-state index contributed by atoms with van der Waals surface area (Å²) < 4.78 is 39.3. The van der Waals surface area contributed by atoms with Crippen LogP contribution in [0.1, 0.15) is 18.1 Å². The molecule has 1 aliphatic rings. The van der Waals surface area contributed by atoms with Crippen molar-refractivity contribution in [1.29, 1.82) is 0 Å². The van der Waals surface area contributed by atoms with E-state index in [9.17, 15) is 22.4 Å². The highest BCUT2D eigenvalue weighted by Gasteiger charge is 2.28. The molecule has 1 aromatic heterocycles. The SMILES string of the molecule is CCS(=O)(=O)Cc1ccc2c(c1)-c1cn(C)c(=O)cc1CC(=O)N2c1ccc(F)cc1. The van der Waals surface area contributed by atoms with Crippen LogP contribution in [0.25, 0.3) is 11.1 Å². The average Bonchev–Trinajstić information content (AvgIpc) is 2.83. The van der Waals surface area contributed by atoms with Gasteiger partial charge in [-0.3, -0.25) is 14.5 Å². The zero-order chi connectivity index (χ0) is 22.3. The molecule has 31 heavy (non-hydrogen) atoms. The molecular weight excluding hydrogens is 419 g/mol. The van der Waals surface area contributed by atoms with Gasteiger partial charge in [-0.25, -0.2) is 12.8 Å². The van der Waals surface area contributed by atoms with Crippen molar-refractivity contribution in [2.75, 3.05) is 10.7 Å². The number of anilines is 2. The molecule has 0 unspecified atom stereocenters. The lowest BCUT2D eigenvalue weighted by molar-refractivity contribution is -0.117. The fraction of sp³-hybridized carbons (Fsp3) is 0.217. The van der Waals surface area contributed by atoms with Crippen molar-refractivity contribution in [1.82, 2.24) is 4.57 Å².